The standard InChI is InChI=1S/C11H15N3O3/c1-7-8(11(16)17)3-4-9(14-7)10(15)13-6-2-5-12/h3-4H,2,5-6,12H2,1H3,(H,13,15)(H,16,17). The fourth-order valence-corrected chi connectivity index (χ4v) is 1.31. The molecule has 17 heavy (non-hydrogen) atoms. The molecule has 4 N–H and O–H groups in total. The van der Waals surface area contributed by atoms with Crippen molar-refractivity contribution in [1.82, 2.24) is 10.3 Å². The van der Waals surface area contributed by atoms with E-state index in [9.17, 15) is 9.59 Å². The van der Waals surface area contributed by atoms with Crippen molar-refractivity contribution in [2.45, 2.75) is 13.3 Å². The van der Waals surface area contributed by atoms with Gasteiger partial charge >= 0.3 is 5.97 Å². The van der Waals surface area contributed by atoms with Crippen LogP contribution in [-0.2, 0) is 0 Å². The third-order valence-electron chi connectivity index (χ3n) is 2.22. The summed E-state index contributed by atoms with van der Waals surface area (Å²) >= 11 is 0. The molecule has 1 aromatic heterocycles. The van der Waals surface area contributed by atoms with Gasteiger partial charge in [0.05, 0.1) is 11.3 Å². The Morgan fingerprint density at radius 1 is 1.47 bits per heavy atom. The Hall–Kier alpha value is -1.95. The van der Waals surface area contributed by atoms with E-state index in [2.05, 4.69) is 10.3 Å². The number of nitrogens with two attached hydrogens (primary N) is 1. The lowest BCUT2D eigenvalue weighted by molar-refractivity contribution is 0.0694. The summed E-state index contributed by atoms with van der Waals surface area (Å²) in [5.41, 5.74) is 5.93. The molecule has 0 spiro atoms. The van der Waals surface area contributed by atoms with Gasteiger partial charge in [-0.1, -0.05) is 0 Å². The fraction of sp³-hybridized carbons (Fsp3) is 0.364. The van der Waals surface area contributed by atoms with Crippen molar-refractivity contribution in [3.63, 3.8) is 0 Å². The van der Waals surface area contributed by atoms with Crippen LogP contribution in [0.2, 0.25) is 0 Å². The molecule has 0 bridgehead atoms. The predicted molar refractivity (Wildman–Crippen MR) is 61.9 cm³/mol. The lowest BCUT2D eigenvalue weighted by Crippen LogP contribution is -2.27. The molecule has 0 saturated heterocycles. The first kappa shape index (κ1) is 13.1. The maximum atomic E-state index is 11.6. The highest BCUT2D eigenvalue weighted by molar-refractivity contribution is 5.94. The number of hydrogen-bond acceptors (Lipinski definition) is 4. The number of rotatable bonds is 5. The highest BCUT2D eigenvalue weighted by Gasteiger charge is 2.12. The average molecular weight is 237 g/mol. The van der Waals surface area contributed by atoms with E-state index in [0.717, 1.165) is 0 Å². The predicted octanol–water partition coefficient (Wildman–Crippen LogP) is 0.167. The van der Waals surface area contributed by atoms with Gasteiger partial charge in [-0.2, -0.15) is 0 Å². The van der Waals surface area contributed by atoms with Crippen molar-refractivity contribution < 1.29 is 14.7 Å². The third-order valence-corrected chi connectivity index (χ3v) is 2.22. The van der Waals surface area contributed by atoms with E-state index in [1.54, 1.807) is 6.92 Å². The summed E-state index contributed by atoms with van der Waals surface area (Å²) in [7, 11) is 0. The molecule has 0 unspecified atom stereocenters. The quantitative estimate of drug-likeness (QED) is 0.633. The number of carbonyl (C=O) groups excluding carboxylic acids is 1. The maximum Gasteiger partial charge on any atom is 0.337 e. The van der Waals surface area contributed by atoms with Crippen LogP contribution < -0.4 is 11.1 Å². The Morgan fingerprint density at radius 2 is 2.18 bits per heavy atom. The minimum absolute atomic E-state index is 0.100. The molecular formula is C11H15N3O3. The van der Waals surface area contributed by atoms with Crippen LogP contribution >= 0.6 is 0 Å². The first-order valence-electron chi connectivity index (χ1n) is 5.25. The lowest BCUT2D eigenvalue weighted by atomic mass is 10.2. The highest BCUT2D eigenvalue weighted by atomic mass is 16.4. The molecule has 1 heterocycles. The molecule has 6 nitrogen and oxygen atoms in total. The summed E-state index contributed by atoms with van der Waals surface area (Å²) in [6.07, 6.45) is 0.692. The number of aromatic nitrogens is 1. The highest BCUT2D eigenvalue weighted by Crippen LogP contribution is 2.06. The molecule has 1 rings (SSSR count). The van der Waals surface area contributed by atoms with E-state index < -0.39 is 5.97 Å². The normalized spacial score (nSPS) is 10.0. The Morgan fingerprint density at radius 3 is 2.71 bits per heavy atom. The number of nitrogens with one attached hydrogen (secondary N) is 1. The second-order valence-electron chi connectivity index (χ2n) is 3.53. The molecule has 92 valence electrons. The van der Waals surface area contributed by atoms with Crippen molar-refractivity contribution in [1.29, 1.82) is 0 Å². The van der Waals surface area contributed by atoms with E-state index in [0.29, 0.717) is 25.2 Å². The molecule has 0 atom stereocenters. The zero-order valence-electron chi connectivity index (χ0n) is 9.56. The van der Waals surface area contributed by atoms with Crippen molar-refractivity contribution in [3.05, 3.63) is 29.1 Å². The van der Waals surface area contributed by atoms with Gasteiger partial charge in [0, 0.05) is 6.54 Å². The number of amides is 1. The van der Waals surface area contributed by atoms with Gasteiger partial charge in [-0.3, -0.25) is 4.79 Å². The molecular weight excluding hydrogens is 222 g/mol. The van der Waals surface area contributed by atoms with Crippen LogP contribution in [-0.4, -0.2) is 35.1 Å². The molecule has 0 aliphatic heterocycles. The van der Waals surface area contributed by atoms with Crippen molar-refractivity contribution in [2.75, 3.05) is 13.1 Å². The molecule has 0 aromatic carbocycles. The molecule has 0 aliphatic carbocycles. The number of hydrogen-bond donors (Lipinski definition) is 3. The SMILES string of the molecule is Cc1nc(C(=O)NCCCN)ccc1C(=O)O. The first-order valence-corrected chi connectivity index (χ1v) is 5.25. The van der Waals surface area contributed by atoms with Crippen LogP contribution in [0.3, 0.4) is 0 Å². The third kappa shape index (κ3) is 3.53. The summed E-state index contributed by atoms with van der Waals surface area (Å²) in [5.74, 6) is -1.37. The summed E-state index contributed by atoms with van der Waals surface area (Å²) in [6, 6.07) is 2.77. The second-order valence-corrected chi connectivity index (χ2v) is 3.53. The molecule has 0 saturated carbocycles. The van der Waals surface area contributed by atoms with Gasteiger partial charge in [-0.05, 0) is 32.0 Å². The minimum atomic E-state index is -1.05. The minimum Gasteiger partial charge on any atom is -0.478 e. The molecule has 0 radical (unpaired) electrons. The smallest absolute Gasteiger partial charge is 0.337 e. The Bertz CT molecular complexity index is 432. The van der Waals surface area contributed by atoms with E-state index in [1.165, 1.54) is 12.1 Å². The van der Waals surface area contributed by atoms with Crippen LogP contribution in [0.15, 0.2) is 12.1 Å². The van der Waals surface area contributed by atoms with Gasteiger partial charge in [0.15, 0.2) is 0 Å². The zero-order valence-corrected chi connectivity index (χ0v) is 9.56. The van der Waals surface area contributed by atoms with Crippen LogP contribution in [0.1, 0.15) is 33.0 Å². The number of carboxylic acids is 1. The fourth-order valence-electron chi connectivity index (χ4n) is 1.31. The summed E-state index contributed by atoms with van der Waals surface area (Å²) < 4.78 is 0. The summed E-state index contributed by atoms with van der Waals surface area (Å²) in [4.78, 5) is 26.3. The molecule has 6 heteroatoms. The van der Waals surface area contributed by atoms with Gasteiger partial charge in [-0.25, -0.2) is 9.78 Å². The van der Waals surface area contributed by atoms with E-state index in [1.807, 2.05) is 0 Å². The summed E-state index contributed by atoms with van der Waals surface area (Å²) in [6.45, 7) is 2.54. The number of aromatic carboxylic acids is 1. The summed E-state index contributed by atoms with van der Waals surface area (Å²) in [5, 5.41) is 11.5. The largest absolute Gasteiger partial charge is 0.478 e. The Kier molecular flexibility index (Phi) is 4.59. The number of carbonyl (C=O) groups is 2. The van der Waals surface area contributed by atoms with E-state index in [4.69, 9.17) is 10.8 Å². The van der Waals surface area contributed by atoms with Crippen molar-refractivity contribution >= 4 is 11.9 Å². The molecule has 0 aliphatic rings. The van der Waals surface area contributed by atoms with Gasteiger partial charge in [0.2, 0.25) is 0 Å². The van der Waals surface area contributed by atoms with Gasteiger partial charge in [0.25, 0.3) is 5.91 Å². The van der Waals surface area contributed by atoms with E-state index >= 15 is 0 Å². The Balaban J connectivity index is 2.76. The zero-order chi connectivity index (χ0) is 12.8. The van der Waals surface area contributed by atoms with Crippen LogP contribution in [0.25, 0.3) is 0 Å². The molecule has 0 fully saturated rings. The first-order chi connectivity index (χ1) is 8.06. The molecule has 1 aromatic rings. The number of nitrogens with zero attached hydrogens (tertiary/aromatic N) is 1. The second kappa shape index (κ2) is 5.95. The topological polar surface area (TPSA) is 105 Å². The number of pyridine rings is 1. The lowest BCUT2D eigenvalue weighted by Gasteiger charge is -2.05. The Labute approximate surface area is 98.8 Å². The average Bonchev–Trinajstić information content (AvgIpc) is 2.28. The van der Waals surface area contributed by atoms with E-state index in [-0.39, 0.29) is 17.2 Å². The monoisotopic (exact) mass is 237 g/mol. The van der Waals surface area contributed by atoms with Crippen LogP contribution in [0.5, 0.6) is 0 Å². The number of carboxylic acid groups (broad SMARTS) is 1. The maximum absolute atomic E-state index is 11.6. The van der Waals surface area contributed by atoms with Crippen LogP contribution in [0.4, 0.5) is 0 Å². The molecule has 1 amide bonds. The van der Waals surface area contributed by atoms with Crippen molar-refractivity contribution in [3.8, 4) is 0 Å². The van der Waals surface area contributed by atoms with Crippen molar-refractivity contribution in [2.24, 2.45) is 5.73 Å². The number of aryl methyl sites for hydroxylation is 1. The van der Waals surface area contributed by atoms with Crippen LogP contribution in [0, 0.1) is 6.92 Å². The van der Waals surface area contributed by atoms with Gasteiger partial charge in [0.1, 0.15) is 5.69 Å². The van der Waals surface area contributed by atoms with Gasteiger partial charge in [-0.15, -0.1) is 0 Å². The van der Waals surface area contributed by atoms with Gasteiger partial charge < -0.3 is 16.2 Å².